The van der Waals surface area contributed by atoms with E-state index in [1.165, 1.54) is 116 Å². The zero-order valence-corrected chi connectivity index (χ0v) is 26.8. The van der Waals surface area contributed by atoms with E-state index in [4.69, 9.17) is 34.4 Å². The van der Waals surface area contributed by atoms with Crippen LogP contribution in [0.2, 0.25) is 0 Å². The molecule has 6 heteroatoms. The molecule has 4 saturated carbocycles. The third kappa shape index (κ3) is 14.8. The highest BCUT2D eigenvalue weighted by Gasteiger charge is 2.30. The quantitative estimate of drug-likeness (QED) is 0.195. The first-order valence-electron chi connectivity index (χ1n) is 17.6. The monoisotopic (exact) mass is 565 g/mol. The van der Waals surface area contributed by atoms with E-state index in [0.29, 0.717) is 24.2 Å². The predicted molar refractivity (Wildman–Crippen MR) is 175 cm³/mol. The third-order valence-electron chi connectivity index (χ3n) is 11.0. The van der Waals surface area contributed by atoms with Crippen molar-refractivity contribution in [3.63, 3.8) is 0 Å². The molecular formula is C34H72N6. The highest BCUT2D eigenvalue weighted by atomic mass is 14.7. The Labute approximate surface area is 249 Å². The molecule has 4 rings (SSSR count). The second-order valence-corrected chi connectivity index (χ2v) is 14.7. The molecule has 6 atom stereocenters. The summed E-state index contributed by atoms with van der Waals surface area (Å²) in [5.74, 6) is 5.30. The zero-order chi connectivity index (χ0) is 29.3. The molecule has 0 bridgehead atoms. The van der Waals surface area contributed by atoms with Gasteiger partial charge in [0.05, 0.1) is 0 Å². The normalized spacial score (nSPS) is 38.4. The molecule has 0 aromatic carbocycles. The third-order valence-corrected chi connectivity index (χ3v) is 11.0. The molecule has 6 unspecified atom stereocenters. The van der Waals surface area contributed by atoms with Gasteiger partial charge in [0.15, 0.2) is 0 Å². The van der Waals surface area contributed by atoms with Gasteiger partial charge in [0.2, 0.25) is 0 Å². The van der Waals surface area contributed by atoms with Crippen molar-refractivity contribution in [2.75, 3.05) is 13.1 Å². The van der Waals surface area contributed by atoms with Gasteiger partial charge in [-0.05, 0) is 164 Å². The molecule has 12 N–H and O–H groups in total. The van der Waals surface area contributed by atoms with Gasteiger partial charge in [0, 0.05) is 24.2 Å². The van der Waals surface area contributed by atoms with Crippen molar-refractivity contribution in [3.8, 4) is 0 Å². The second-order valence-electron chi connectivity index (χ2n) is 14.7. The molecule has 40 heavy (non-hydrogen) atoms. The SMILES string of the molecule is CC1CC(CC2CCC(N)C(C)C2)CCC1N.NC1CCC(CC2CCC(N)CC2)CC1.NCCCCCCN. The van der Waals surface area contributed by atoms with Gasteiger partial charge in [-0.2, -0.15) is 0 Å². The van der Waals surface area contributed by atoms with E-state index in [1.54, 1.807) is 0 Å². The summed E-state index contributed by atoms with van der Waals surface area (Å²) in [5, 5.41) is 0. The van der Waals surface area contributed by atoms with Crippen LogP contribution in [0.5, 0.6) is 0 Å². The maximum absolute atomic E-state index is 6.10. The lowest BCUT2D eigenvalue weighted by molar-refractivity contribution is 0.169. The first-order chi connectivity index (χ1) is 19.2. The van der Waals surface area contributed by atoms with Gasteiger partial charge in [-0.25, -0.2) is 0 Å². The fraction of sp³-hybridized carbons (Fsp3) is 1.00. The minimum absolute atomic E-state index is 0.463. The fourth-order valence-electron chi connectivity index (χ4n) is 7.92. The summed E-state index contributed by atoms with van der Waals surface area (Å²) in [7, 11) is 0. The fourth-order valence-corrected chi connectivity index (χ4v) is 7.92. The Hall–Kier alpha value is -0.240. The molecule has 4 aliphatic carbocycles. The lowest BCUT2D eigenvalue weighted by Gasteiger charge is -2.37. The second kappa shape index (κ2) is 20.6. The topological polar surface area (TPSA) is 156 Å². The van der Waals surface area contributed by atoms with Gasteiger partial charge in [0.1, 0.15) is 0 Å². The molecular weight excluding hydrogens is 492 g/mol. The van der Waals surface area contributed by atoms with Crippen molar-refractivity contribution >= 4 is 0 Å². The summed E-state index contributed by atoms with van der Waals surface area (Å²) in [6.45, 7) is 6.31. The van der Waals surface area contributed by atoms with Crippen LogP contribution < -0.4 is 34.4 Å². The summed E-state index contributed by atoms with van der Waals surface area (Å²) in [5.41, 5.74) is 34.6. The standard InChI is InChI=1S/C15H30N2.C13H26N2.C6H16N2/c1-10-7-12(3-5-14(10)16)9-13-4-6-15(17)11(2)8-13;14-12-5-1-10(2-6-12)9-11-3-7-13(15)8-4-11;7-5-3-1-2-4-6-8/h10-15H,3-9,16-17H2,1-2H3;10-13H,1-9,14-15H2;1-8H2. The van der Waals surface area contributed by atoms with Crippen molar-refractivity contribution in [2.24, 2.45) is 69.9 Å². The zero-order valence-electron chi connectivity index (χ0n) is 26.8. The van der Waals surface area contributed by atoms with Crippen molar-refractivity contribution in [2.45, 2.75) is 166 Å². The van der Waals surface area contributed by atoms with Gasteiger partial charge >= 0.3 is 0 Å². The molecule has 0 spiro atoms. The van der Waals surface area contributed by atoms with E-state index in [0.717, 1.165) is 61.4 Å². The number of nitrogens with two attached hydrogens (primary N) is 6. The van der Waals surface area contributed by atoms with E-state index in [-0.39, 0.29) is 0 Å². The number of unbranched alkanes of at least 4 members (excludes halogenated alkanes) is 3. The van der Waals surface area contributed by atoms with Crippen LogP contribution in [-0.4, -0.2) is 37.3 Å². The van der Waals surface area contributed by atoms with Crippen LogP contribution in [-0.2, 0) is 0 Å². The van der Waals surface area contributed by atoms with Crippen LogP contribution in [0.4, 0.5) is 0 Å². The predicted octanol–water partition coefficient (Wildman–Crippen LogP) is 5.78. The van der Waals surface area contributed by atoms with E-state index < -0.39 is 0 Å². The number of rotatable bonds is 9. The van der Waals surface area contributed by atoms with Crippen LogP contribution in [0.25, 0.3) is 0 Å². The average Bonchev–Trinajstić information content (AvgIpc) is 2.94. The van der Waals surface area contributed by atoms with Crippen molar-refractivity contribution in [1.82, 2.24) is 0 Å². The molecule has 238 valence electrons. The van der Waals surface area contributed by atoms with Crippen LogP contribution in [0, 0.1) is 35.5 Å². The Morgan fingerprint density at radius 1 is 0.425 bits per heavy atom. The van der Waals surface area contributed by atoms with Gasteiger partial charge in [0.25, 0.3) is 0 Å². The Bertz CT molecular complexity index is 551. The maximum Gasteiger partial charge on any atom is 0.00647 e. The van der Waals surface area contributed by atoms with Gasteiger partial charge in [-0.3, -0.25) is 0 Å². The Kier molecular flexibility index (Phi) is 18.5. The summed E-state index contributed by atoms with van der Waals surface area (Å²) in [6, 6.07) is 1.93. The molecule has 0 aromatic heterocycles. The minimum atomic E-state index is 0.463. The summed E-state index contributed by atoms with van der Waals surface area (Å²) >= 11 is 0. The van der Waals surface area contributed by atoms with E-state index in [9.17, 15) is 0 Å². The maximum atomic E-state index is 6.10. The lowest BCUT2D eigenvalue weighted by Crippen LogP contribution is -2.37. The highest BCUT2D eigenvalue weighted by Crippen LogP contribution is 2.38. The van der Waals surface area contributed by atoms with Crippen molar-refractivity contribution in [1.29, 1.82) is 0 Å². The van der Waals surface area contributed by atoms with Gasteiger partial charge in [-0.15, -0.1) is 0 Å². The summed E-state index contributed by atoms with van der Waals surface area (Å²) in [6.07, 6.45) is 26.2. The summed E-state index contributed by atoms with van der Waals surface area (Å²) < 4.78 is 0. The summed E-state index contributed by atoms with van der Waals surface area (Å²) in [4.78, 5) is 0. The number of hydrogen-bond donors (Lipinski definition) is 6. The van der Waals surface area contributed by atoms with Crippen LogP contribution in [0.1, 0.15) is 142 Å². The molecule has 4 aliphatic rings. The van der Waals surface area contributed by atoms with Crippen LogP contribution in [0.15, 0.2) is 0 Å². The van der Waals surface area contributed by atoms with Crippen molar-refractivity contribution < 1.29 is 0 Å². The Morgan fingerprint density at radius 2 is 0.750 bits per heavy atom. The van der Waals surface area contributed by atoms with Gasteiger partial charge < -0.3 is 34.4 Å². The molecule has 0 heterocycles. The molecule has 4 fully saturated rings. The first kappa shape index (κ1) is 36.0. The number of hydrogen-bond acceptors (Lipinski definition) is 6. The van der Waals surface area contributed by atoms with Crippen LogP contribution >= 0.6 is 0 Å². The molecule has 0 aliphatic heterocycles. The Morgan fingerprint density at radius 3 is 1.07 bits per heavy atom. The molecule has 0 radical (unpaired) electrons. The molecule has 0 amide bonds. The largest absolute Gasteiger partial charge is 0.330 e. The van der Waals surface area contributed by atoms with E-state index in [2.05, 4.69) is 13.8 Å². The average molecular weight is 565 g/mol. The smallest absolute Gasteiger partial charge is 0.00647 e. The molecule has 0 aromatic rings. The highest BCUT2D eigenvalue weighted by molar-refractivity contribution is 4.85. The lowest BCUT2D eigenvalue weighted by atomic mass is 9.71. The van der Waals surface area contributed by atoms with E-state index >= 15 is 0 Å². The van der Waals surface area contributed by atoms with Gasteiger partial charge in [-0.1, -0.05) is 26.7 Å². The Balaban J connectivity index is 0.000000224. The van der Waals surface area contributed by atoms with Crippen LogP contribution in [0.3, 0.4) is 0 Å². The first-order valence-corrected chi connectivity index (χ1v) is 17.6. The van der Waals surface area contributed by atoms with E-state index in [1.807, 2.05) is 0 Å². The molecule has 6 nitrogen and oxygen atoms in total. The van der Waals surface area contributed by atoms with Crippen molar-refractivity contribution in [3.05, 3.63) is 0 Å². The minimum Gasteiger partial charge on any atom is -0.330 e. The molecule has 0 saturated heterocycles.